The molecule has 3 rings (SSSR count). The molecule has 1 N–H and O–H groups in total. The van der Waals surface area contributed by atoms with Gasteiger partial charge in [-0.15, -0.1) is 0 Å². The highest BCUT2D eigenvalue weighted by atomic mass is 19.4. The highest BCUT2D eigenvalue weighted by molar-refractivity contribution is 5.94. The third kappa shape index (κ3) is 5.13. The molecule has 0 aromatic heterocycles. The van der Waals surface area contributed by atoms with Crippen molar-refractivity contribution in [2.24, 2.45) is 5.92 Å². The quantitative estimate of drug-likeness (QED) is 0.848. The van der Waals surface area contributed by atoms with E-state index in [4.69, 9.17) is 9.47 Å². The lowest BCUT2D eigenvalue weighted by Gasteiger charge is -2.31. The molecule has 1 amide bonds. The summed E-state index contributed by atoms with van der Waals surface area (Å²) in [7, 11) is 0. The maximum absolute atomic E-state index is 12.9. The third-order valence-electron chi connectivity index (χ3n) is 5.05. The van der Waals surface area contributed by atoms with Crippen molar-refractivity contribution >= 4 is 5.91 Å². The van der Waals surface area contributed by atoms with E-state index >= 15 is 0 Å². The van der Waals surface area contributed by atoms with Gasteiger partial charge in [0.2, 0.25) is 0 Å². The van der Waals surface area contributed by atoms with Gasteiger partial charge in [-0.05, 0) is 56.4 Å². The van der Waals surface area contributed by atoms with Gasteiger partial charge in [-0.1, -0.05) is 6.42 Å². The lowest BCUT2D eigenvalue weighted by atomic mass is 9.85. The molecule has 1 heterocycles. The molecule has 0 bridgehead atoms. The molecule has 1 saturated carbocycles. The Kier molecular flexibility index (Phi) is 6.06. The van der Waals surface area contributed by atoms with Crippen molar-refractivity contribution in [2.75, 3.05) is 13.2 Å². The number of nitrogens with one attached hydrogen (secondary N) is 1. The van der Waals surface area contributed by atoms with E-state index < -0.39 is 18.1 Å². The van der Waals surface area contributed by atoms with Crippen molar-refractivity contribution in [3.05, 3.63) is 29.8 Å². The number of benzene rings is 1. The molecule has 2 aliphatic rings. The van der Waals surface area contributed by atoms with E-state index in [2.05, 4.69) is 5.32 Å². The zero-order valence-corrected chi connectivity index (χ0v) is 14.6. The number of halogens is 3. The van der Waals surface area contributed by atoms with Crippen LogP contribution in [0, 0.1) is 5.92 Å². The summed E-state index contributed by atoms with van der Waals surface area (Å²) in [6.07, 6.45) is -0.877. The van der Waals surface area contributed by atoms with E-state index in [0.717, 1.165) is 19.4 Å². The van der Waals surface area contributed by atoms with Crippen LogP contribution in [0.3, 0.4) is 0 Å². The molecule has 4 nitrogen and oxygen atoms in total. The van der Waals surface area contributed by atoms with E-state index in [0.29, 0.717) is 30.8 Å². The molecule has 0 radical (unpaired) electrons. The number of carbonyl (C=O) groups is 1. The lowest BCUT2D eigenvalue weighted by molar-refractivity contribution is -0.183. The van der Waals surface area contributed by atoms with Crippen molar-refractivity contribution in [1.82, 2.24) is 5.32 Å². The second kappa shape index (κ2) is 8.29. The van der Waals surface area contributed by atoms with Gasteiger partial charge in [-0.25, -0.2) is 0 Å². The van der Waals surface area contributed by atoms with Crippen LogP contribution >= 0.6 is 0 Å². The molecular formula is C19H24F3NO3. The first-order valence-corrected chi connectivity index (χ1v) is 9.14. The van der Waals surface area contributed by atoms with E-state index in [9.17, 15) is 18.0 Å². The van der Waals surface area contributed by atoms with Crippen LogP contribution in [-0.4, -0.2) is 37.4 Å². The van der Waals surface area contributed by atoms with Gasteiger partial charge in [0.1, 0.15) is 12.4 Å². The number of ether oxygens (including phenoxy) is 2. The van der Waals surface area contributed by atoms with E-state index in [1.54, 1.807) is 24.3 Å². The maximum atomic E-state index is 12.9. The SMILES string of the molecule is O=C(NC1CCCC(C(F)(F)F)C1)c1ccc(OCC2CCCO2)cc1. The minimum atomic E-state index is -4.19. The first kappa shape index (κ1) is 19.0. The van der Waals surface area contributed by atoms with Crippen molar-refractivity contribution in [3.63, 3.8) is 0 Å². The van der Waals surface area contributed by atoms with Crippen LogP contribution in [0.4, 0.5) is 13.2 Å². The number of rotatable bonds is 5. The average Bonchev–Trinajstić information content (AvgIpc) is 3.13. The average molecular weight is 371 g/mol. The standard InChI is InChI=1S/C19H24F3NO3/c20-19(21,22)14-3-1-4-15(11-14)23-18(24)13-6-8-16(9-7-13)26-12-17-5-2-10-25-17/h6-9,14-15,17H,1-5,10-12H2,(H,23,24). The van der Waals surface area contributed by atoms with Gasteiger partial charge in [-0.3, -0.25) is 4.79 Å². The van der Waals surface area contributed by atoms with Gasteiger partial charge in [0.05, 0.1) is 12.0 Å². The fraction of sp³-hybridized carbons (Fsp3) is 0.632. The summed E-state index contributed by atoms with van der Waals surface area (Å²) in [6, 6.07) is 6.22. The van der Waals surface area contributed by atoms with Crippen LogP contribution in [-0.2, 0) is 4.74 Å². The summed E-state index contributed by atoms with van der Waals surface area (Å²) < 4.78 is 49.7. The minimum Gasteiger partial charge on any atom is -0.491 e. The van der Waals surface area contributed by atoms with Gasteiger partial charge in [0.15, 0.2) is 0 Å². The topological polar surface area (TPSA) is 47.6 Å². The molecule has 1 aromatic carbocycles. The van der Waals surface area contributed by atoms with E-state index in [-0.39, 0.29) is 24.9 Å². The first-order chi connectivity index (χ1) is 12.4. The molecule has 1 aliphatic heterocycles. The minimum absolute atomic E-state index is 0.0438. The van der Waals surface area contributed by atoms with Crippen molar-refractivity contribution in [3.8, 4) is 5.75 Å². The molecule has 1 aromatic rings. The second-order valence-corrected chi connectivity index (χ2v) is 7.05. The highest BCUT2D eigenvalue weighted by Gasteiger charge is 2.42. The predicted molar refractivity (Wildman–Crippen MR) is 90.2 cm³/mol. The van der Waals surface area contributed by atoms with E-state index in [1.165, 1.54) is 0 Å². The number of alkyl halides is 3. The predicted octanol–water partition coefficient (Wildman–Crippen LogP) is 4.10. The van der Waals surface area contributed by atoms with Gasteiger partial charge in [-0.2, -0.15) is 13.2 Å². The van der Waals surface area contributed by atoms with Crippen molar-refractivity contribution in [2.45, 2.75) is 56.8 Å². The maximum Gasteiger partial charge on any atom is 0.391 e. The Morgan fingerprint density at radius 1 is 1.15 bits per heavy atom. The molecule has 1 saturated heterocycles. The summed E-state index contributed by atoms with van der Waals surface area (Å²) in [6.45, 7) is 1.25. The molecule has 0 spiro atoms. The first-order valence-electron chi connectivity index (χ1n) is 9.14. The number of carbonyl (C=O) groups excluding carboxylic acids is 1. The smallest absolute Gasteiger partial charge is 0.391 e. The fourth-order valence-corrected chi connectivity index (χ4v) is 3.55. The molecule has 3 unspecified atom stereocenters. The van der Waals surface area contributed by atoms with Crippen LogP contribution in [0.2, 0.25) is 0 Å². The molecular weight excluding hydrogens is 347 g/mol. The Morgan fingerprint density at radius 3 is 2.58 bits per heavy atom. The Balaban J connectivity index is 1.49. The molecule has 3 atom stereocenters. The third-order valence-corrected chi connectivity index (χ3v) is 5.05. The van der Waals surface area contributed by atoms with Crippen molar-refractivity contribution in [1.29, 1.82) is 0 Å². The Bertz CT molecular complexity index is 597. The monoisotopic (exact) mass is 371 g/mol. The van der Waals surface area contributed by atoms with Gasteiger partial charge in [0.25, 0.3) is 5.91 Å². The van der Waals surface area contributed by atoms with Gasteiger partial charge >= 0.3 is 6.18 Å². The lowest BCUT2D eigenvalue weighted by Crippen LogP contribution is -2.41. The largest absolute Gasteiger partial charge is 0.491 e. The molecule has 26 heavy (non-hydrogen) atoms. The number of hydrogen-bond acceptors (Lipinski definition) is 3. The summed E-state index contributed by atoms with van der Waals surface area (Å²) >= 11 is 0. The van der Waals surface area contributed by atoms with E-state index in [1.807, 2.05) is 0 Å². The Hall–Kier alpha value is -1.76. The van der Waals surface area contributed by atoms with Crippen molar-refractivity contribution < 1.29 is 27.4 Å². The second-order valence-electron chi connectivity index (χ2n) is 7.05. The molecule has 144 valence electrons. The van der Waals surface area contributed by atoms with Crippen LogP contribution in [0.25, 0.3) is 0 Å². The van der Waals surface area contributed by atoms with Crippen LogP contribution in [0.15, 0.2) is 24.3 Å². The Labute approximate surface area is 151 Å². The zero-order valence-electron chi connectivity index (χ0n) is 14.6. The van der Waals surface area contributed by atoms with Crippen LogP contribution in [0.1, 0.15) is 48.9 Å². The summed E-state index contributed by atoms with van der Waals surface area (Å²) in [5, 5.41) is 2.73. The zero-order chi connectivity index (χ0) is 18.6. The van der Waals surface area contributed by atoms with Gasteiger partial charge < -0.3 is 14.8 Å². The normalized spacial score (nSPS) is 26.5. The summed E-state index contributed by atoms with van der Waals surface area (Å²) in [5.41, 5.74) is 0.420. The summed E-state index contributed by atoms with van der Waals surface area (Å²) in [4.78, 5) is 12.3. The highest BCUT2D eigenvalue weighted by Crippen LogP contribution is 2.37. The molecule has 1 aliphatic carbocycles. The summed E-state index contributed by atoms with van der Waals surface area (Å²) in [5.74, 6) is -1.02. The van der Waals surface area contributed by atoms with Crippen LogP contribution < -0.4 is 10.1 Å². The fourth-order valence-electron chi connectivity index (χ4n) is 3.55. The molecule has 2 fully saturated rings. The molecule has 7 heteroatoms. The Morgan fingerprint density at radius 2 is 1.92 bits per heavy atom. The number of hydrogen-bond donors (Lipinski definition) is 1. The number of amides is 1. The van der Waals surface area contributed by atoms with Crippen LogP contribution in [0.5, 0.6) is 5.75 Å². The van der Waals surface area contributed by atoms with Gasteiger partial charge in [0, 0.05) is 18.2 Å².